The van der Waals surface area contributed by atoms with Gasteiger partial charge in [-0.15, -0.1) is 11.3 Å². The minimum atomic E-state index is -0.118. The molecule has 1 unspecified atom stereocenters. The third-order valence-corrected chi connectivity index (χ3v) is 5.34. The molecule has 2 aromatic rings. The van der Waals surface area contributed by atoms with Crippen molar-refractivity contribution >= 4 is 45.1 Å². The summed E-state index contributed by atoms with van der Waals surface area (Å²) < 4.78 is 4.74. The average Bonchev–Trinajstić information content (AvgIpc) is 2.90. The number of fused-ring (bicyclic) bond motifs is 2. The van der Waals surface area contributed by atoms with Crippen LogP contribution in [0.2, 0.25) is 5.28 Å². The Labute approximate surface area is 130 Å². The molecule has 21 heavy (non-hydrogen) atoms. The number of hydrogen-bond acceptors (Lipinski definition) is 7. The molecule has 1 saturated carbocycles. The fourth-order valence-electron chi connectivity index (χ4n) is 3.34. The smallest absolute Gasteiger partial charge is 0.305 e. The SMILES string of the molecule is COC(=O)CC1[C@H]2CN(c3nc(Cl)nc4scnc34)C[C@@H]12. The third-order valence-electron chi connectivity index (χ3n) is 4.45. The second-order valence-corrected chi connectivity index (χ2v) is 6.67. The van der Waals surface area contributed by atoms with Gasteiger partial charge in [-0.25, -0.2) is 9.97 Å². The third kappa shape index (κ3) is 2.15. The molecule has 1 aliphatic carbocycles. The summed E-state index contributed by atoms with van der Waals surface area (Å²) in [4.78, 5) is 27.2. The number of nitrogens with zero attached hydrogens (tertiary/aromatic N) is 4. The Morgan fingerprint density at radius 3 is 2.95 bits per heavy atom. The predicted octanol–water partition coefficient (Wildman–Crippen LogP) is 1.98. The highest BCUT2D eigenvalue weighted by Crippen LogP contribution is 2.54. The molecule has 1 aliphatic heterocycles. The van der Waals surface area contributed by atoms with E-state index in [0.717, 1.165) is 29.3 Å². The number of thiazole rings is 1. The first-order valence-electron chi connectivity index (χ1n) is 6.76. The van der Waals surface area contributed by atoms with Gasteiger partial charge in [-0.2, -0.15) is 4.98 Å². The largest absolute Gasteiger partial charge is 0.469 e. The minimum absolute atomic E-state index is 0.118. The average molecular weight is 325 g/mol. The molecule has 0 bridgehead atoms. The van der Waals surface area contributed by atoms with Gasteiger partial charge in [0, 0.05) is 19.5 Å². The van der Waals surface area contributed by atoms with Crippen LogP contribution in [-0.2, 0) is 9.53 Å². The van der Waals surface area contributed by atoms with Crippen LogP contribution < -0.4 is 4.90 Å². The number of esters is 1. The molecule has 1 saturated heterocycles. The number of ether oxygens (including phenoxy) is 1. The van der Waals surface area contributed by atoms with Crippen molar-refractivity contribution in [3.05, 3.63) is 10.8 Å². The molecule has 0 amide bonds. The minimum Gasteiger partial charge on any atom is -0.469 e. The summed E-state index contributed by atoms with van der Waals surface area (Å²) in [7, 11) is 1.44. The maximum Gasteiger partial charge on any atom is 0.305 e. The van der Waals surface area contributed by atoms with E-state index in [4.69, 9.17) is 16.3 Å². The van der Waals surface area contributed by atoms with E-state index in [1.165, 1.54) is 18.4 Å². The van der Waals surface area contributed by atoms with Crippen molar-refractivity contribution < 1.29 is 9.53 Å². The van der Waals surface area contributed by atoms with Gasteiger partial charge in [0.15, 0.2) is 10.6 Å². The normalized spacial score (nSPS) is 27.0. The van der Waals surface area contributed by atoms with Crippen molar-refractivity contribution in [3.63, 3.8) is 0 Å². The Morgan fingerprint density at radius 1 is 1.48 bits per heavy atom. The van der Waals surface area contributed by atoms with Gasteiger partial charge >= 0.3 is 5.97 Å². The predicted molar refractivity (Wildman–Crippen MR) is 79.5 cm³/mol. The lowest BCUT2D eigenvalue weighted by atomic mass is 10.2. The van der Waals surface area contributed by atoms with Crippen molar-refractivity contribution in [1.82, 2.24) is 15.0 Å². The van der Waals surface area contributed by atoms with Crippen molar-refractivity contribution in [1.29, 1.82) is 0 Å². The van der Waals surface area contributed by atoms with E-state index >= 15 is 0 Å². The topological polar surface area (TPSA) is 68.2 Å². The highest BCUT2D eigenvalue weighted by Gasteiger charge is 2.56. The molecule has 0 N–H and O–H groups in total. The second-order valence-electron chi connectivity index (χ2n) is 5.50. The Bertz CT molecular complexity index is 709. The Morgan fingerprint density at radius 2 is 2.24 bits per heavy atom. The molecular weight excluding hydrogens is 312 g/mol. The van der Waals surface area contributed by atoms with Crippen LogP contribution in [-0.4, -0.2) is 41.1 Å². The summed E-state index contributed by atoms with van der Waals surface area (Å²) in [5.41, 5.74) is 2.57. The number of carbonyl (C=O) groups excluding carboxylic acids is 1. The summed E-state index contributed by atoms with van der Waals surface area (Å²) >= 11 is 7.46. The van der Waals surface area contributed by atoms with Crippen LogP contribution in [0.3, 0.4) is 0 Å². The number of aromatic nitrogens is 3. The monoisotopic (exact) mass is 324 g/mol. The van der Waals surface area contributed by atoms with Crippen molar-refractivity contribution in [2.24, 2.45) is 17.8 Å². The van der Waals surface area contributed by atoms with E-state index < -0.39 is 0 Å². The molecule has 6 nitrogen and oxygen atoms in total. The standard InChI is InChI=1S/C13H13ClN4O2S/c1-20-9(19)2-6-7-3-18(4-8(6)7)11-10-12(21-5-15-10)17-13(14)16-11/h5-8H,2-4H2,1H3/t6?,7-,8+. The maximum atomic E-state index is 11.3. The molecule has 8 heteroatoms. The van der Waals surface area contributed by atoms with E-state index in [1.807, 2.05) is 0 Å². The van der Waals surface area contributed by atoms with Gasteiger partial charge in [0.05, 0.1) is 12.6 Å². The maximum absolute atomic E-state index is 11.3. The molecule has 3 heterocycles. The number of anilines is 1. The number of piperidine rings is 1. The summed E-state index contributed by atoms with van der Waals surface area (Å²) in [5, 5.41) is 0.258. The molecule has 3 atom stereocenters. The lowest BCUT2D eigenvalue weighted by Gasteiger charge is -2.20. The van der Waals surface area contributed by atoms with Crippen molar-refractivity contribution in [2.75, 3.05) is 25.1 Å². The van der Waals surface area contributed by atoms with Gasteiger partial charge in [0.1, 0.15) is 5.52 Å². The number of hydrogen-bond donors (Lipinski definition) is 0. The van der Waals surface area contributed by atoms with E-state index in [2.05, 4.69) is 19.9 Å². The van der Waals surface area contributed by atoms with Crippen LogP contribution in [0.15, 0.2) is 5.51 Å². The molecule has 2 fully saturated rings. The van der Waals surface area contributed by atoms with Crippen molar-refractivity contribution in [2.45, 2.75) is 6.42 Å². The summed E-state index contributed by atoms with van der Waals surface area (Å²) in [5.74, 6) is 2.25. The van der Waals surface area contributed by atoms with E-state index in [-0.39, 0.29) is 11.3 Å². The summed E-state index contributed by atoms with van der Waals surface area (Å²) in [6.45, 7) is 1.79. The number of methoxy groups -OCH3 is 1. The van der Waals surface area contributed by atoms with E-state index in [0.29, 0.717) is 24.2 Å². The van der Waals surface area contributed by atoms with Gasteiger partial charge in [-0.05, 0) is 29.4 Å². The van der Waals surface area contributed by atoms with Crippen LogP contribution in [0.4, 0.5) is 5.82 Å². The molecule has 0 radical (unpaired) electrons. The summed E-state index contributed by atoms with van der Waals surface area (Å²) in [6.07, 6.45) is 0.524. The fourth-order valence-corrected chi connectivity index (χ4v) is 4.21. The Hall–Kier alpha value is -1.47. The zero-order valence-corrected chi connectivity index (χ0v) is 12.9. The van der Waals surface area contributed by atoms with Crippen LogP contribution in [0, 0.1) is 17.8 Å². The lowest BCUT2D eigenvalue weighted by molar-refractivity contribution is -0.141. The van der Waals surface area contributed by atoms with Crippen molar-refractivity contribution in [3.8, 4) is 0 Å². The van der Waals surface area contributed by atoms with E-state index in [1.54, 1.807) is 5.51 Å². The first kappa shape index (κ1) is 13.2. The van der Waals surface area contributed by atoms with Crippen LogP contribution >= 0.6 is 22.9 Å². The fraction of sp³-hybridized carbons (Fsp3) is 0.538. The zero-order valence-electron chi connectivity index (χ0n) is 11.3. The number of rotatable bonds is 3. The summed E-state index contributed by atoms with van der Waals surface area (Å²) in [6, 6.07) is 0. The molecule has 2 aliphatic rings. The molecular formula is C13H13ClN4O2S. The highest BCUT2D eigenvalue weighted by atomic mass is 35.5. The molecule has 0 aromatic carbocycles. The van der Waals surface area contributed by atoms with Gasteiger partial charge in [-0.3, -0.25) is 4.79 Å². The van der Waals surface area contributed by atoms with Crippen LogP contribution in [0.5, 0.6) is 0 Å². The van der Waals surface area contributed by atoms with Gasteiger partial charge < -0.3 is 9.64 Å². The number of carbonyl (C=O) groups is 1. The van der Waals surface area contributed by atoms with E-state index in [9.17, 15) is 4.79 Å². The highest BCUT2D eigenvalue weighted by molar-refractivity contribution is 7.16. The number of halogens is 1. The van der Waals surface area contributed by atoms with Gasteiger partial charge in [-0.1, -0.05) is 0 Å². The lowest BCUT2D eigenvalue weighted by Crippen LogP contribution is -2.26. The van der Waals surface area contributed by atoms with Crippen LogP contribution in [0.25, 0.3) is 10.3 Å². The second kappa shape index (κ2) is 4.78. The molecule has 0 spiro atoms. The molecule has 2 aromatic heterocycles. The zero-order chi connectivity index (χ0) is 14.6. The molecule has 110 valence electrons. The Balaban J connectivity index is 1.53. The van der Waals surface area contributed by atoms with Gasteiger partial charge in [0.25, 0.3) is 0 Å². The van der Waals surface area contributed by atoms with Crippen LogP contribution in [0.1, 0.15) is 6.42 Å². The van der Waals surface area contributed by atoms with Gasteiger partial charge in [0.2, 0.25) is 5.28 Å². The quantitative estimate of drug-likeness (QED) is 0.635. The molecule has 4 rings (SSSR count). The first-order chi connectivity index (χ1) is 10.2. The first-order valence-corrected chi connectivity index (χ1v) is 8.01. The Kier molecular flexibility index (Phi) is 3.00.